The third-order valence-corrected chi connectivity index (χ3v) is 4.63. The maximum atomic E-state index is 12.4. The van der Waals surface area contributed by atoms with E-state index in [9.17, 15) is 9.59 Å². The largest absolute Gasteiger partial charge is 0.378 e. The lowest BCUT2D eigenvalue weighted by Crippen LogP contribution is -2.53. The molecule has 0 saturated carbocycles. The van der Waals surface area contributed by atoms with Crippen molar-refractivity contribution in [1.29, 1.82) is 0 Å². The lowest BCUT2D eigenvalue weighted by Gasteiger charge is -2.35. The molecule has 0 aliphatic carbocycles. The Morgan fingerprint density at radius 2 is 2.04 bits per heavy atom. The van der Waals surface area contributed by atoms with Gasteiger partial charge >= 0.3 is 0 Å². The first-order valence-corrected chi connectivity index (χ1v) is 8.61. The molecule has 3 rings (SSSR count). The molecule has 0 aromatic heterocycles. The SMILES string of the molecule is Cl.O=C(CC1COCCN1)N1CCN(Cc2ccc(Cl)cc2)C(=O)C1. The number of piperazine rings is 1. The van der Waals surface area contributed by atoms with Gasteiger partial charge in [-0.3, -0.25) is 9.59 Å². The molecule has 1 aromatic rings. The van der Waals surface area contributed by atoms with Crippen LogP contribution in [0.5, 0.6) is 0 Å². The van der Waals surface area contributed by atoms with Gasteiger partial charge in [0.25, 0.3) is 0 Å². The van der Waals surface area contributed by atoms with E-state index in [1.165, 1.54) is 0 Å². The third kappa shape index (κ3) is 5.57. The van der Waals surface area contributed by atoms with E-state index >= 15 is 0 Å². The van der Waals surface area contributed by atoms with Gasteiger partial charge in [0.2, 0.25) is 11.8 Å². The zero-order valence-corrected chi connectivity index (χ0v) is 15.5. The minimum atomic E-state index is -0.0163. The molecule has 2 heterocycles. The lowest BCUT2D eigenvalue weighted by molar-refractivity contribution is -0.146. The minimum absolute atomic E-state index is 0. The molecule has 0 radical (unpaired) electrons. The van der Waals surface area contributed by atoms with E-state index in [1.807, 2.05) is 24.3 Å². The fourth-order valence-electron chi connectivity index (χ4n) is 2.99. The van der Waals surface area contributed by atoms with E-state index in [-0.39, 0.29) is 36.8 Å². The van der Waals surface area contributed by atoms with Gasteiger partial charge < -0.3 is 19.9 Å². The summed E-state index contributed by atoms with van der Waals surface area (Å²) in [7, 11) is 0. The predicted octanol–water partition coefficient (Wildman–Crippen LogP) is 1.31. The Kier molecular flexibility index (Phi) is 7.50. The zero-order valence-electron chi connectivity index (χ0n) is 13.9. The van der Waals surface area contributed by atoms with E-state index in [0.29, 0.717) is 44.3 Å². The smallest absolute Gasteiger partial charge is 0.242 e. The number of halogens is 2. The maximum Gasteiger partial charge on any atom is 0.242 e. The fraction of sp³-hybridized carbons (Fsp3) is 0.529. The fourth-order valence-corrected chi connectivity index (χ4v) is 3.12. The Bertz CT molecular complexity index is 591. The predicted molar refractivity (Wildman–Crippen MR) is 97.9 cm³/mol. The van der Waals surface area contributed by atoms with Crippen LogP contribution in [0.4, 0.5) is 0 Å². The molecule has 6 nitrogen and oxygen atoms in total. The van der Waals surface area contributed by atoms with Crippen molar-refractivity contribution in [2.45, 2.75) is 19.0 Å². The zero-order chi connectivity index (χ0) is 16.9. The van der Waals surface area contributed by atoms with Gasteiger partial charge in [0.15, 0.2) is 0 Å². The summed E-state index contributed by atoms with van der Waals surface area (Å²) in [5, 5.41) is 3.95. The van der Waals surface area contributed by atoms with E-state index in [2.05, 4.69) is 5.32 Å². The third-order valence-electron chi connectivity index (χ3n) is 4.38. The number of carbonyl (C=O) groups is 2. The number of ether oxygens (including phenoxy) is 1. The highest BCUT2D eigenvalue weighted by atomic mass is 35.5. The van der Waals surface area contributed by atoms with E-state index in [4.69, 9.17) is 16.3 Å². The number of hydrogen-bond donors (Lipinski definition) is 1. The number of morpholine rings is 1. The van der Waals surface area contributed by atoms with Crippen LogP contribution < -0.4 is 5.32 Å². The second kappa shape index (κ2) is 9.38. The molecule has 2 aliphatic rings. The van der Waals surface area contributed by atoms with Gasteiger partial charge in [-0.2, -0.15) is 0 Å². The molecule has 1 unspecified atom stereocenters. The van der Waals surface area contributed by atoms with Gasteiger partial charge in [-0.25, -0.2) is 0 Å². The van der Waals surface area contributed by atoms with Crippen LogP contribution in [-0.2, 0) is 20.9 Å². The summed E-state index contributed by atoms with van der Waals surface area (Å²) in [6.07, 6.45) is 0.379. The molecule has 1 atom stereocenters. The van der Waals surface area contributed by atoms with Gasteiger partial charge in [0.05, 0.1) is 19.8 Å². The molecular formula is C17H23Cl2N3O3. The maximum absolute atomic E-state index is 12.4. The molecule has 0 spiro atoms. The molecule has 2 fully saturated rings. The molecule has 2 amide bonds. The standard InChI is InChI=1S/C17H22ClN3O3.ClH/c18-14-3-1-13(2-4-14)10-20-6-7-21(11-17(20)23)16(22)9-15-12-24-8-5-19-15;/h1-4,15,19H,5-12H2;1H. The monoisotopic (exact) mass is 387 g/mol. The second-order valence-electron chi connectivity index (χ2n) is 6.19. The molecule has 2 saturated heterocycles. The summed E-state index contributed by atoms with van der Waals surface area (Å²) in [6.45, 7) is 3.85. The van der Waals surface area contributed by atoms with Crippen LogP contribution in [-0.4, -0.2) is 67.0 Å². The summed E-state index contributed by atoms with van der Waals surface area (Å²) in [6, 6.07) is 7.53. The quantitative estimate of drug-likeness (QED) is 0.845. The Labute approximate surface area is 158 Å². The summed E-state index contributed by atoms with van der Waals surface area (Å²) in [4.78, 5) is 28.1. The van der Waals surface area contributed by atoms with Gasteiger partial charge in [0, 0.05) is 43.7 Å². The Morgan fingerprint density at radius 1 is 1.28 bits per heavy atom. The molecule has 25 heavy (non-hydrogen) atoms. The summed E-state index contributed by atoms with van der Waals surface area (Å²) in [5.41, 5.74) is 1.04. The number of hydrogen-bond acceptors (Lipinski definition) is 4. The summed E-state index contributed by atoms with van der Waals surface area (Å²) >= 11 is 5.88. The highest BCUT2D eigenvalue weighted by Crippen LogP contribution is 2.14. The van der Waals surface area contributed by atoms with Crippen LogP contribution in [0, 0.1) is 0 Å². The van der Waals surface area contributed by atoms with Gasteiger partial charge in [-0.15, -0.1) is 12.4 Å². The molecule has 2 aliphatic heterocycles. The van der Waals surface area contributed by atoms with E-state index in [1.54, 1.807) is 9.80 Å². The number of rotatable bonds is 4. The van der Waals surface area contributed by atoms with E-state index in [0.717, 1.165) is 12.1 Å². The molecule has 8 heteroatoms. The van der Waals surface area contributed by atoms with Gasteiger partial charge in [0.1, 0.15) is 0 Å². The molecule has 1 aromatic carbocycles. The summed E-state index contributed by atoms with van der Waals surface area (Å²) < 4.78 is 5.37. The van der Waals surface area contributed by atoms with Crippen molar-refractivity contribution in [3.63, 3.8) is 0 Å². The number of nitrogens with zero attached hydrogens (tertiary/aromatic N) is 2. The Morgan fingerprint density at radius 3 is 2.68 bits per heavy atom. The minimum Gasteiger partial charge on any atom is -0.378 e. The Hall–Kier alpha value is -1.34. The van der Waals surface area contributed by atoms with Crippen molar-refractivity contribution in [1.82, 2.24) is 15.1 Å². The second-order valence-corrected chi connectivity index (χ2v) is 6.62. The average Bonchev–Trinajstić information content (AvgIpc) is 2.59. The number of benzene rings is 1. The van der Waals surface area contributed by atoms with Crippen LogP contribution >= 0.6 is 24.0 Å². The molecule has 138 valence electrons. The molecule has 0 bridgehead atoms. The van der Waals surface area contributed by atoms with E-state index < -0.39 is 0 Å². The van der Waals surface area contributed by atoms with Crippen molar-refractivity contribution in [2.24, 2.45) is 0 Å². The first kappa shape index (κ1) is 20.0. The van der Waals surface area contributed by atoms with Crippen LogP contribution in [0.1, 0.15) is 12.0 Å². The lowest BCUT2D eigenvalue weighted by atomic mass is 10.1. The molecular weight excluding hydrogens is 365 g/mol. The van der Waals surface area contributed by atoms with Crippen LogP contribution in [0.15, 0.2) is 24.3 Å². The number of amides is 2. The topological polar surface area (TPSA) is 61.9 Å². The van der Waals surface area contributed by atoms with Gasteiger partial charge in [-0.1, -0.05) is 23.7 Å². The van der Waals surface area contributed by atoms with Crippen molar-refractivity contribution >= 4 is 35.8 Å². The van der Waals surface area contributed by atoms with Crippen LogP contribution in [0.2, 0.25) is 5.02 Å². The Balaban J connectivity index is 0.00000225. The number of carbonyl (C=O) groups excluding carboxylic acids is 2. The van der Waals surface area contributed by atoms with Crippen molar-refractivity contribution in [3.8, 4) is 0 Å². The first-order valence-electron chi connectivity index (χ1n) is 8.23. The summed E-state index contributed by atoms with van der Waals surface area (Å²) in [5.74, 6) is -0.00473. The molecule has 1 N–H and O–H groups in total. The first-order chi connectivity index (χ1) is 11.6. The van der Waals surface area contributed by atoms with Crippen molar-refractivity contribution in [3.05, 3.63) is 34.9 Å². The van der Waals surface area contributed by atoms with Crippen LogP contribution in [0.25, 0.3) is 0 Å². The van der Waals surface area contributed by atoms with Gasteiger partial charge in [-0.05, 0) is 17.7 Å². The average molecular weight is 388 g/mol. The normalized spacial score (nSPS) is 21.0. The highest BCUT2D eigenvalue weighted by Gasteiger charge is 2.28. The number of nitrogens with one attached hydrogen (secondary N) is 1. The van der Waals surface area contributed by atoms with Crippen LogP contribution in [0.3, 0.4) is 0 Å². The van der Waals surface area contributed by atoms with Crippen molar-refractivity contribution < 1.29 is 14.3 Å². The highest BCUT2D eigenvalue weighted by molar-refractivity contribution is 6.30. The van der Waals surface area contributed by atoms with Crippen molar-refractivity contribution in [2.75, 3.05) is 39.4 Å².